The zero-order valence-corrected chi connectivity index (χ0v) is 14.4. The Balaban J connectivity index is 1.76. The first kappa shape index (κ1) is 16.2. The van der Waals surface area contributed by atoms with Gasteiger partial charge in [-0.15, -0.1) is 0 Å². The third kappa shape index (κ3) is 2.44. The Hall–Kier alpha value is -2.30. The van der Waals surface area contributed by atoms with E-state index < -0.39 is 30.3 Å². The lowest BCUT2D eigenvalue weighted by molar-refractivity contribution is -0.199. The molecule has 2 aliphatic rings. The van der Waals surface area contributed by atoms with Gasteiger partial charge in [0.15, 0.2) is 29.6 Å². The third-order valence-electron chi connectivity index (χ3n) is 4.37. The van der Waals surface area contributed by atoms with Crippen molar-refractivity contribution in [1.82, 2.24) is 24.4 Å². The maximum absolute atomic E-state index is 12.5. The molecule has 0 unspecified atom stereocenters. The van der Waals surface area contributed by atoms with Gasteiger partial charge < -0.3 is 24.8 Å². The molecule has 0 bridgehead atoms. The number of carbonyl (C=O) groups is 1. The largest absolute Gasteiger partial charge is 0.382 e. The highest BCUT2D eigenvalue weighted by atomic mass is 16.8. The van der Waals surface area contributed by atoms with E-state index in [1.54, 1.807) is 25.0 Å². The molecule has 2 fully saturated rings. The summed E-state index contributed by atoms with van der Waals surface area (Å²) in [5.74, 6) is -0.715. The van der Waals surface area contributed by atoms with Gasteiger partial charge in [-0.3, -0.25) is 9.36 Å². The maximum Gasteiger partial charge on any atom is 0.254 e. The van der Waals surface area contributed by atoms with Gasteiger partial charge in [-0.2, -0.15) is 0 Å². The van der Waals surface area contributed by atoms with Crippen molar-refractivity contribution in [2.75, 3.05) is 19.8 Å². The van der Waals surface area contributed by atoms with Crippen LogP contribution in [-0.2, 0) is 19.0 Å². The Morgan fingerprint density at radius 3 is 2.68 bits per heavy atom. The number of rotatable bonds is 2. The molecule has 10 nitrogen and oxygen atoms in total. The van der Waals surface area contributed by atoms with Crippen LogP contribution in [0, 0.1) is 0 Å². The number of aromatic nitrogens is 4. The zero-order chi connectivity index (χ0) is 17.9. The summed E-state index contributed by atoms with van der Waals surface area (Å²) < 4.78 is 19.7. The summed E-state index contributed by atoms with van der Waals surface area (Å²) in [5.41, 5.74) is 6.84. The molecular formula is C15H20N6O4. The molecular weight excluding hydrogens is 328 g/mol. The van der Waals surface area contributed by atoms with Crippen molar-refractivity contribution in [1.29, 1.82) is 0 Å². The number of hydrogen-bond acceptors (Lipinski definition) is 8. The second kappa shape index (κ2) is 5.35. The van der Waals surface area contributed by atoms with Crippen molar-refractivity contribution in [2.24, 2.45) is 0 Å². The van der Waals surface area contributed by atoms with Gasteiger partial charge in [0.1, 0.15) is 24.1 Å². The first-order valence-electron chi connectivity index (χ1n) is 7.94. The fourth-order valence-electron chi connectivity index (χ4n) is 3.31. The number of carbonyl (C=O) groups excluding carboxylic acids is 1. The second-order valence-corrected chi connectivity index (χ2v) is 6.83. The predicted molar refractivity (Wildman–Crippen MR) is 86.2 cm³/mol. The first-order chi connectivity index (χ1) is 11.8. The van der Waals surface area contributed by atoms with Crippen molar-refractivity contribution in [3.8, 4) is 0 Å². The van der Waals surface area contributed by atoms with Crippen LogP contribution in [0.3, 0.4) is 0 Å². The van der Waals surface area contributed by atoms with E-state index in [0.29, 0.717) is 11.2 Å². The molecule has 25 heavy (non-hydrogen) atoms. The highest BCUT2D eigenvalue weighted by Gasteiger charge is 2.58. The number of likely N-dealkylation sites (N-methyl/N-ethyl adjacent to an activating group) is 1. The van der Waals surface area contributed by atoms with Gasteiger partial charge in [0, 0.05) is 14.1 Å². The van der Waals surface area contributed by atoms with Crippen LogP contribution < -0.4 is 5.73 Å². The number of ether oxygens (including phenoxy) is 3. The van der Waals surface area contributed by atoms with Crippen molar-refractivity contribution >= 4 is 22.9 Å². The molecule has 2 aromatic rings. The molecule has 0 aromatic carbocycles. The first-order valence-corrected chi connectivity index (χ1v) is 7.94. The van der Waals surface area contributed by atoms with Gasteiger partial charge >= 0.3 is 0 Å². The molecule has 0 saturated carbocycles. The molecule has 2 saturated heterocycles. The van der Waals surface area contributed by atoms with Gasteiger partial charge in [-0.25, -0.2) is 15.0 Å². The summed E-state index contributed by atoms with van der Waals surface area (Å²) in [7, 11) is 3.35. The minimum Gasteiger partial charge on any atom is -0.382 e. The van der Waals surface area contributed by atoms with Gasteiger partial charge in [0.2, 0.25) is 0 Å². The molecule has 2 N–H and O–H groups in total. The Labute approximate surface area is 143 Å². The van der Waals surface area contributed by atoms with Crippen LogP contribution in [0.25, 0.3) is 11.2 Å². The lowest BCUT2D eigenvalue weighted by atomic mass is 10.1. The lowest BCUT2D eigenvalue weighted by Crippen LogP contribution is -2.42. The molecule has 4 rings (SSSR count). The van der Waals surface area contributed by atoms with Crippen molar-refractivity contribution < 1.29 is 19.0 Å². The van der Waals surface area contributed by atoms with Crippen LogP contribution in [0.5, 0.6) is 0 Å². The molecule has 0 spiro atoms. The molecule has 2 aromatic heterocycles. The zero-order valence-electron chi connectivity index (χ0n) is 14.4. The summed E-state index contributed by atoms with van der Waals surface area (Å²) in [6.07, 6.45) is 0.544. The van der Waals surface area contributed by atoms with Crippen LogP contribution in [0.1, 0.15) is 20.1 Å². The van der Waals surface area contributed by atoms with E-state index in [1.807, 2.05) is 13.8 Å². The van der Waals surface area contributed by atoms with Crippen LogP contribution in [-0.4, -0.2) is 68.5 Å². The van der Waals surface area contributed by atoms with Gasteiger partial charge in [-0.1, -0.05) is 0 Å². The van der Waals surface area contributed by atoms with Gasteiger partial charge in [0.05, 0.1) is 6.33 Å². The molecule has 2 aliphatic heterocycles. The normalized spacial score (nSPS) is 30.6. The minimum atomic E-state index is -0.813. The SMILES string of the molecule is CN(C)C(=O)[C@H]1O[C@@H](n2cnc3c(N)ncnc32)[C@@H]2OC(C)(C)O[C@@H]21. The second-order valence-electron chi connectivity index (χ2n) is 6.83. The quantitative estimate of drug-likeness (QED) is 0.800. The van der Waals surface area contributed by atoms with E-state index in [-0.39, 0.29) is 11.7 Å². The number of nitrogens with zero attached hydrogens (tertiary/aromatic N) is 5. The Kier molecular flexibility index (Phi) is 3.46. The molecule has 4 atom stereocenters. The molecule has 0 radical (unpaired) electrons. The van der Waals surface area contributed by atoms with Crippen LogP contribution in [0.2, 0.25) is 0 Å². The molecule has 134 valence electrons. The molecule has 0 aliphatic carbocycles. The van der Waals surface area contributed by atoms with E-state index in [9.17, 15) is 4.79 Å². The molecule has 4 heterocycles. The Morgan fingerprint density at radius 1 is 1.24 bits per heavy atom. The van der Waals surface area contributed by atoms with Crippen molar-refractivity contribution in [3.05, 3.63) is 12.7 Å². The Bertz CT molecular complexity index is 835. The smallest absolute Gasteiger partial charge is 0.254 e. The number of hydrogen-bond donors (Lipinski definition) is 1. The fourth-order valence-corrected chi connectivity index (χ4v) is 3.31. The van der Waals surface area contributed by atoms with E-state index in [2.05, 4.69) is 15.0 Å². The van der Waals surface area contributed by atoms with E-state index in [0.717, 1.165) is 0 Å². The summed E-state index contributed by atoms with van der Waals surface area (Å²) in [6.45, 7) is 3.62. The average Bonchev–Trinajstić information content (AvgIpc) is 3.17. The number of nitrogens with two attached hydrogens (primary N) is 1. The van der Waals surface area contributed by atoms with Crippen LogP contribution >= 0.6 is 0 Å². The lowest BCUT2D eigenvalue weighted by Gasteiger charge is -2.25. The fraction of sp³-hybridized carbons (Fsp3) is 0.600. The van der Waals surface area contributed by atoms with Crippen LogP contribution in [0.15, 0.2) is 12.7 Å². The standard InChI is InChI=1S/C15H20N6O4/c1-15(2)24-8-9(13(22)20(3)4)23-14(10(8)25-15)21-6-19-7-11(16)17-5-18-12(7)21/h5-6,8-10,14H,1-4H3,(H2,16,17,18)/t8-,9+,10-,14-/m1/s1. The van der Waals surface area contributed by atoms with Crippen molar-refractivity contribution in [3.63, 3.8) is 0 Å². The monoisotopic (exact) mass is 348 g/mol. The average molecular weight is 348 g/mol. The summed E-state index contributed by atoms with van der Waals surface area (Å²) in [6, 6.07) is 0. The summed E-state index contributed by atoms with van der Waals surface area (Å²) in [4.78, 5) is 26.4. The van der Waals surface area contributed by atoms with E-state index in [1.165, 1.54) is 11.2 Å². The minimum absolute atomic E-state index is 0.183. The van der Waals surface area contributed by atoms with E-state index >= 15 is 0 Å². The Morgan fingerprint density at radius 2 is 1.96 bits per heavy atom. The number of fused-ring (bicyclic) bond motifs is 2. The number of anilines is 1. The summed E-state index contributed by atoms with van der Waals surface area (Å²) >= 11 is 0. The number of amides is 1. The number of imidazole rings is 1. The topological polar surface area (TPSA) is 118 Å². The number of nitrogen functional groups attached to an aromatic ring is 1. The maximum atomic E-state index is 12.5. The van der Waals surface area contributed by atoms with Gasteiger partial charge in [0.25, 0.3) is 5.91 Å². The highest BCUT2D eigenvalue weighted by molar-refractivity contribution is 5.82. The van der Waals surface area contributed by atoms with Crippen LogP contribution in [0.4, 0.5) is 5.82 Å². The third-order valence-corrected chi connectivity index (χ3v) is 4.37. The van der Waals surface area contributed by atoms with Crippen molar-refractivity contribution in [2.45, 2.75) is 44.2 Å². The van der Waals surface area contributed by atoms with E-state index in [4.69, 9.17) is 19.9 Å². The van der Waals surface area contributed by atoms with Gasteiger partial charge in [-0.05, 0) is 13.8 Å². The molecule has 1 amide bonds. The molecule has 10 heteroatoms. The summed E-state index contributed by atoms with van der Waals surface area (Å²) in [5, 5.41) is 0. The predicted octanol–water partition coefficient (Wildman–Crippen LogP) is -0.0858. The highest BCUT2D eigenvalue weighted by Crippen LogP contribution is 2.44.